The Kier molecular flexibility index (Phi) is 16.6. The third-order valence-corrected chi connectivity index (χ3v) is 26.0. The van der Waals surface area contributed by atoms with Crippen molar-refractivity contribution >= 4 is 25.0 Å². The topological polar surface area (TPSA) is 105 Å². The summed E-state index contributed by atoms with van der Waals surface area (Å²) in [6.45, 7) is 34.3. The molecule has 55 heavy (non-hydrogen) atoms. The third kappa shape index (κ3) is 13.3. The summed E-state index contributed by atoms with van der Waals surface area (Å²) in [7, 11) is -5.55. The second-order valence-electron chi connectivity index (χ2n) is 20.0. The molecule has 1 heterocycles. The second-order valence-corrected chi connectivity index (χ2v) is 34.2. The fourth-order valence-electron chi connectivity index (χ4n) is 5.73. The zero-order valence-corrected chi connectivity index (χ0v) is 40.0. The van der Waals surface area contributed by atoms with E-state index in [-0.39, 0.29) is 28.3 Å². The third-order valence-electron chi connectivity index (χ3n) is 12.5. The zero-order valence-electron chi connectivity index (χ0n) is 37.0. The summed E-state index contributed by atoms with van der Waals surface area (Å²) in [4.78, 5) is 0. The van der Waals surface area contributed by atoms with Crippen molar-refractivity contribution < 1.29 is 42.4 Å². The predicted octanol–water partition coefficient (Wildman–Crippen LogP) is 9.48. The highest BCUT2D eigenvalue weighted by Crippen LogP contribution is 2.45. The molecule has 1 fully saturated rings. The van der Waals surface area contributed by atoms with Gasteiger partial charge in [0.15, 0.2) is 25.0 Å². The highest BCUT2D eigenvalue weighted by atomic mass is 28.4. The minimum Gasteiger partial charge on any atom is -0.497 e. The van der Waals surface area contributed by atoms with E-state index in [0.29, 0.717) is 19.6 Å². The molecule has 2 aromatic carbocycles. The van der Waals surface area contributed by atoms with Crippen molar-refractivity contribution in [2.75, 3.05) is 20.3 Å². The lowest BCUT2D eigenvalue weighted by atomic mass is 9.91. The first-order valence-electron chi connectivity index (χ1n) is 20.1. The number of benzene rings is 2. The molecule has 0 bridgehead atoms. The monoisotopic (exact) mass is 820 g/mol. The lowest BCUT2D eigenvalue weighted by molar-refractivity contribution is -0.229. The van der Waals surface area contributed by atoms with E-state index >= 15 is 0 Å². The normalized spacial score (nSPS) is 22.3. The molecule has 1 aliphatic rings. The minimum atomic E-state index is -2.45. The summed E-state index contributed by atoms with van der Waals surface area (Å²) in [5.41, 5.74) is 2.01. The summed E-state index contributed by atoms with van der Waals surface area (Å²) < 4.78 is 46.5. The van der Waals surface area contributed by atoms with Gasteiger partial charge in [0, 0.05) is 6.42 Å². The predicted molar refractivity (Wildman–Crippen MR) is 230 cm³/mol. The van der Waals surface area contributed by atoms with E-state index in [1.54, 1.807) is 7.11 Å². The number of aliphatic hydroxyl groups excluding tert-OH is 2. The quantitative estimate of drug-likeness (QED) is 0.142. The van der Waals surface area contributed by atoms with Crippen LogP contribution in [0.5, 0.6) is 5.75 Å². The Labute approximate surface area is 337 Å². The number of methoxy groups -OCH3 is 1. The molecule has 9 nitrogen and oxygen atoms in total. The Morgan fingerprint density at radius 1 is 0.673 bits per heavy atom. The van der Waals surface area contributed by atoms with E-state index in [1.165, 1.54) is 0 Å². The Morgan fingerprint density at radius 2 is 1.16 bits per heavy atom. The maximum Gasteiger partial charge on any atom is 0.192 e. The van der Waals surface area contributed by atoms with Crippen LogP contribution in [0.4, 0.5) is 0 Å². The molecule has 2 aromatic rings. The van der Waals surface area contributed by atoms with Crippen LogP contribution in [-0.4, -0.2) is 98.2 Å². The Balaban J connectivity index is 2.06. The Bertz CT molecular complexity index is 1430. The summed E-state index contributed by atoms with van der Waals surface area (Å²) in [6, 6.07) is 17.7. The number of aliphatic hydroxyl groups is 2. The largest absolute Gasteiger partial charge is 0.497 e. The summed E-state index contributed by atoms with van der Waals surface area (Å²) in [5.74, 6) is 0.756. The maximum absolute atomic E-state index is 12.2. The van der Waals surface area contributed by atoms with Crippen molar-refractivity contribution in [2.45, 2.75) is 179 Å². The van der Waals surface area contributed by atoms with Crippen LogP contribution in [0.2, 0.25) is 54.4 Å². The van der Waals surface area contributed by atoms with Crippen LogP contribution in [-0.2, 0) is 40.7 Å². The molecule has 3 rings (SSSR count). The molecule has 1 aliphatic heterocycles. The molecule has 314 valence electrons. The first-order valence-corrected chi connectivity index (χ1v) is 28.8. The molecule has 1 saturated heterocycles. The highest BCUT2D eigenvalue weighted by Gasteiger charge is 2.54. The van der Waals surface area contributed by atoms with Crippen molar-refractivity contribution in [2.24, 2.45) is 0 Å². The van der Waals surface area contributed by atoms with E-state index in [1.807, 2.05) is 42.5 Å². The molecule has 0 unspecified atom stereocenters. The summed E-state index contributed by atoms with van der Waals surface area (Å²) in [5, 5.41) is 23.6. The molecular formula is C43H76O9Si3. The molecule has 7 atom stereocenters. The van der Waals surface area contributed by atoms with Crippen LogP contribution in [0.3, 0.4) is 0 Å². The minimum absolute atomic E-state index is 0.0688. The second kappa shape index (κ2) is 19.1. The SMILES string of the molecule is COc1ccc(COC[C@@H](O)[C@H](O)[C@@H]2O[C@@H]([C@@H](COCc3ccccc3)O[Si](C)(C)C(C)(C)C)C[C@@H](O[Si](C)(C)C(C)(C)C)[C@H]2O[Si](C)(C)C(C)(C)C)cc1. The molecule has 0 radical (unpaired) electrons. The van der Waals surface area contributed by atoms with Gasteiger partial charge in [-0.25, -0.2) is 0 Å². The lowest BCUT2D eigenvalue weighted by Crippen LogP contribution is -2.65. The Hall–Kier alpha value is -1.43. The van der Waals surface area contributed by atoms with Crippen LogP contribution < -0.4 is 4.74 Å². The van der Waals surface area contributed by atoms with Gasteiger partial charge >= 0.3 is 0 Å². The molecule has 0 aromatic heterocycles. The molecule has 0 amide bonds. The fourth-order valence-corrected chi connectivity index (χ4v) is 9.72. The van der Waals surface area contributed by atoms with Crippen LogP contribution in [0.1, 0.15) is 79.9 Å². The smallest absolute Gasteiger partial charge is 0.192 e. The van der Waals surface area contributed by atoms with Crippen LogP contribution in [0, 0.1) is 0 Å². The first kappa shape index (κ1) is 47.9. The Morgan fingerprint density at radius 3 is 1.67 bits per heavy atom. The molecule has 12 heteroatoms. The van der Waals surface area contributed by atoms with E-state index < -0.39 is 67.7 Å². The van der Waals surface area contributed by atoms with Crippen molar-refractivity contribution in [1.29, 1.82) is 0 Å². The van der Waals surface area contributed by atoms with Crippen LogP contribution in [0.25, 0.3) is 0 Å². The molecule has 0 spiro atoms. The van der Waals surface area contributed by atoms with Gasteiger partial charge in [0.1, 0.15) is 24.1 Å². The highest BCUT2D eigenvalue weighted by molar-refractivity contribution is 6.75. The number of hydrogen-bond donors (Lipinski definition) is 2. The van der Waals surface area contributed by atoms with E-state index in [2.05, 4.69) is 114 Å². The number of rotatable bonds is 18. The average molecular weight is 821 g/mol. The van der Waals surface area contributed by atoms with E-state index in [9.17, 15) is 10.2 Å². The molecule has 0 saturated carbocycles. The molecule has 0 aliphatic carbocycles. The average Bonchev–Trinajstić information content (AvgIpc) is 3.07. The van der Waals surface area contributed by atoms with Crippen molar-refractivity contribution in [3.05, 3.63) is 65.7 Å². The van der Waals surface area contributed by atoms with Gasteiger partial charge in [0.05, 0.1) is 58.0 Å². The van der Waals surface area contributed by atoms with Gasteiger partial charge in [0.25, 0.3) is 0 Å². The van der Waals surface area contributed by atoms with Gasteiger partial charge in [-0.2, -0.15) is 0 Å². The van der Waals surface area contributed by atoms with Gasteiger partial charge in [0.2, 0.25) is 0 Å². The first-order chi connectivity index (χ1) is 25.2. The summed E-state index contributed by atoms with van der Waals surface area (Å²) in [6.07, 6.45) is -5.06. The van der Waals surface area contributed by atoms with Crippen molar-refractivity contribution in [3.8, 4) is 5.75 Å². The zero-order chi connectivity index (χ0) is 41.6. The van der Waals surface area contributed by atoms with E-state index in [0.717, 1.165) is 16.9 Å². The molecule has 2 N–H and O–H groups in total. The fraction of sp³-hybridized carbons (Fsp3) is 0.721. The van der Waals surface area contributed by atoms with Gasteiger partial charge in [-0.05, 0) is 77.7 Å². The van der Waals surface area contributed by atoms with Gasteiger partial charge in [-0.15, -0.1) is 0 Å². The van der Waals surface area contributed by atoms with E-state index in [4.69, 9.17) is 32.2 Å². The standard InChI is InChI=1S/C43H76O9Si3/c1-41(2,3)53(11,12)50-36-26-35(37(51-54(13,14)42(4,5)6)30-48-27-31-20-18-17-19-21-31)49-40(39(36)52-55(15,16)43(7,8)9)38(45)34(44)29-47-28-32-22-24-33(46-10)25-23-32/h17-25,34-40,44-45H,26-30H2,1-16H3/t34-,35-,36-,37-,38+,39-,40+/m1/s1. The van der Waals surface area contributed by atoms with Gasteiger partial charge < -0.3 is 42.4 Å². The van der Waals surface area contributed by atoms with Gasteiger partial charge in [-0.3, -0.25) is 0 Å². The van der Waals surface area contributed by atoms with Crippen molar-refractivity contribution in [3.63, 3.8) is 0 Å². The summed E-state index contributed by atoms with van der Waals surface area (Å²) >= 11 is 0. The van der Waals surface area contributed by atoms with Crippen LogP contribution in [0.15, 0.2) is 54.6 Å². The molecular weight excluding hydrogens is 745 g/mol. The number of hydrogen-bond acceptors (Lipinski definition) is 9. The lowest BCUT2D eigenvalue weighted by Gasteiger charge is -2.53. The number of ether oxygens (including phenoxy) is 4. The maximum atomic E-state index is 12.2. The van der Waals surface area contributed by atoms with Crippen molar-refractivity contribution in [1.82, 2.24) is 0 Å². The van der Waals surface area contributed by atoms with Crippen LogP contribution >= 0.6 is 0 Å². The van der Waals surface area contributed by atoms with Gasteiger partial charge in [-0.1, -0.05) is 105 Å².